The maximum atomic E-state index is 12.6. The fourth-order valence-corrected chi connectivity index (χ4v) is 4.46. The van der Waals surface area contributed by atoms with Crippen molar-refractivity contribution in [2.75, 3.05) is 17.7 Å². The zero-order chi connectivity index (χ0) is 23.3. The van der Waals surface area contributed by atoms with E-state index in [2.05, 4.69) is 26.6 Å². The zero-order valence-corrected chi connectivity index (χ0v) is 21.0. The van der Waals surface area contributed by atoms with Crippen LogP contribution in [-0.4, -0.2) is 29.4 Å². The van der Waals surface area contributed by atoms with E-state index in [1.807, 2.05) is 43.3 Å². The molecular formula is C23H23BrClN3O3S. The zero-order valence-electron chi connectivity index (χ0n) is 17.9. The van der Waals surface area contributed by atoms with E-state index in [1.165, 1.54) is 11.8 Å². The number of carbonyl (C=O) groups is 2. The number of ether oxygens (including phenoxy) is 1. The average Bonchev–Trinajstić information content (AvgIpc) is 2.74. The highest BCUT2D eigenvalue weighted by Gasteiger charge is 2.30. The number of allylic oxidation sites excluding steroid dienone is 1. The summed E-state index contributed by atoms with van der Waals surface area (Å²) >= 11 is 10.9. The van der Waals surface area contributed by atoms with Crippen molar-refractivity contribution in [3.8, 4) is 0 Å². The highest BCUT2D eigenvalue weighted by Crippen LogP contribution is 2.34. The maximum Gasteiger partial charge on any atom is 0.338 e. The standard InChI is InChI=1S/C23H23BrClN3O3S/c1-4-31-22(30)20-14(3)26-23(28-21(20)15-6-5-7-16(24)10-15)32-12-19(29)27-17-9-8-13(2)18(25)11-17/h5-11,21H,4,12H2,1-3H3,(H,26,28)(H,27,29)/t21-/m1/s1. The molecule has 1 atom stereocenters. The first kappa shape index (κ1) is 24.4. The number of benzene rings is 2. The van der Waals surface area contributed by atoms with Crippen molar-refractivity contribution in [3.05, 3.63) is 74.4 Å². The third kappa shape index (κ3) is 6.15. The van der Waals surface area contributed by atoms with Gasteiger partial charge in [-0.1, -0.05) is 57.5 Å². The Morgan fingerprint density at radius 2 is 2.03 bits per heavy atom. The van der Waals surface area contributed by atoms with Gasteiger partial charge in [0.05, 0.1) is 17.9 Å². The molecule has 2 aromatic carbocycles. The molecule has 2 N–H and O–H groups in total. The number of aliphatic imine (C=N–C) groups is 1. The Hall–Kier alpha value is -2.29. The van der Waals surface area contributed by atoms with Crippen LogP contribution in [0.1, 0.15) is 31.0 Å². The molecule has 0 spiro atoms. The van der Waals surface area contributed by atoms with Gasteiger partial charge in [0.1, 0.15) is 6.04 Å². The smallest absolute Gasteiger partial charge is 0.338 e. The largest absolute Gasteiger partial charge is 0.463 e. The van der Waals surface area contributed by atoms with Crippen LogP contribution in [-0.2, 0) is 14.3 Å². The van der Waals surface area contributed by atoms with Crippen LogP contribution in [0.3, 0.4) is 0 Å². The molecule has 32 heavy (non-hydrogen) atoms. The number of rotatable bonds is 6. The summed E-state index contributed by atoms with van der Waals surface area (Å²) in [4.78, 5) is 29.8. The number of hydrogen-bond acceptors (Lipinski definition) is 6. The van der Waals surface area contributed by atoms with Crippen molar-refractivity contribution in [2.24, 2.45) is 4.99 Å². The van der Waals surface area contributed by atoms with E-state index >= 15 is 0 Å². The number of aryl methyl sites for hydroxylation is 1. The van der Waals surface area contributed by atoms with E-state index in [0.29, 0.717) is 27.1 Å². The van der Waals surface area contributed by atoms with Crippen LogP contribution in [0, 0.1) is 6.92 Å². The van der Waals surface area contributed by atoms with Gasteiger partial charge in [-0.25, -0.2) is 9.79 Å². The molecule has 6 nitrogen and oxygen atoms in total. The van der Waals surface area contributed by atoms with E-state index in [-0.39, 0.29) is 18.3 Å². The molecule has 9 heteroatoms. The van der Waals surface area contributed by atoms with Crippen molar-refractivity contribution < 1.29 is 14.3 Å². The second-order valence-corrected chi connectivity index (χ2v) is 9.36. The summed E-state index contributed by atoms with van der Waals surface area (Å²) in [6.07, 6.45) is 0. The third-order valence-corrected chi connectivity index (χ3v) is 6.46. The minimum Gasteiger partial charge on any atom is -0.463 e. The molecule has 0 aromatic heterocycles. The first-order valence-electron chi connectivity index (χ1n) is 9.95. The molecule has 1 heterocycles. The maximum absolute atomic E-state index is 12.6. The number of carbonyl (C=O) groups excluding carboxylic acids is 2. The first-order valence-corrected chi connectivity index (χ1v) is 12.1. The summed E-state index contributed by atoms with van der Waals surface area (Å²) in [6, 6.07) is 12.5. The summed E-state index contributed by atoms with van der Waals surface area (Å²) in [6.45, 7) is 5.75. The SMILES string of the molecule is CCOC(=O)C1=C(C)NC(SCC(=O)Nc2ccc(C)c(Cl)c2)=N[C@@H]1c1cccc(Br)c1. The monoisotopic (exact) mass is 535 g/mol. The predicted octanol–water partition coefficient (Wildman–Crippen LogP) is 5.62. The number of thioether (sulfide) groups is 1. The summed E-state index contributed by atoms with van der Waals surface area (Å²) in [5.74, 6) is -0.453. The van der Waals surface area contributed by atoms with Crippen LogP contribution in [0.4, 0.5) is 5.69 Å². The van der Waals surface area contributed by atoms with Gasteiger partial charge in [-0.2, -0.15) is 0 Å². The molecule has 1 aliphatic rings. The van der Waals surface area contributed by atoms with Crippen LogP contribution in [0.15, 0.2) is 63.2 Å². The lowest BCUT2D eigenvalue weighted by molar-refractivity contribution is -0.139. The lowest BCUT2D eigenvalue weighted by Gasteiger charge is -2.25. The van der Waals surface area contributed by atoms with E-state index < -0.39 is 12.0 Å². The lowest BCUT2D eigenvalue weighted by atomic mass is 9.97. The number of nitrogens with one attached hydrogen (secondary N) is 2. The Bertz CT molecular complexity index is 1100. The number of esters is 1. The number of amidine groups is 1. The summed E-state index contributed by atoms with van der Waals surface area (Å²) in [7, 11) is 0. The Kier molecular flexibility index (Phi) is 8.39. The lowest BCUT2D eigenvalue weighted by Crippen LogP contribution is -2.31. The van der Waals surface area contributed by atoms with Crippen molar-refractivity contribution in [1.29, 1.82) is 0 Å². The van der Waals surface area contributed by atoms with Crippen LogP contribution in [0.25, 0.3) is 0 Å². The van der Waals surface area contributed by atoms with Gasteiger partial charge < -0.3 is 15.4 Å². The molecule has 0 bridgehead atoms. The van der Waals surface area contributed by atoms with Gasteiger partial charge in [0, 0.05) is 20.9 Å². The average molecular weight is 537 g/mol. The minimum absolute atomic E-state index is 0.143. The first-order chi connectivity index (χ1) is 15.3. The number of hydrogen-bond donors (Lipinski definition) is 2. The molecule has 0 aliphatic carbocycles. The Balaban J connectivity index is 1.76. The predicted molar refractivity (Wildman–Crippen MR) is 134 cm³/mol. The highest BCUT2D eigenvalue weighted by molar-refractivity contribution is 9.10. The van der Waals surface area contributed by atoms with Gasteiger partial charge in [-0.05, 0) is 56.2 Å². The summed E-state index contributed by atoms with van der Waals surface area (Å²) < 4.78 is 6.14. The topological polar surface area (TPSA) is 79.8 Å². The molecule has 168 valence electrons. The molecule has 0 unspecified atom stereocenters. The molecule has 0 radical (unpaired) electrons. The fourth-order valence-electron chi connectivity index (χ4n) is 3.11. The van der Waals surface area contributed by atoms with Crippen LogP contribution < -0.4 is 10.6 Å². The van der Waals surface area contributed by atoms with Gasteiger partial charge in [0.25, 0.3) is 0 Å². The number of amides is 1. The number of halogens is 2. The van der Waals surface area contributed by atoms with Crippen molar-refractivity contribution in [1.82, 2.24) is 5.32 Å². The Labute approximate surface area is 205 Å². The molecule has 2 aromatic rings. The van der Waals surface area contributed by atoms with Gasteiger partial charge in [0.15, 0.2) is 5.17 Å². The molecular weight excluding hydrogens is 514 g/mol. The molecule has 3 rings (SSSR count). The quantitative estimate of drug-likeness (QED) is 0.469. The molecule has 0 saturated carbocycles. The van der Waals surface area contributed by atoms with Crippen molar-refractivity contribution >= 4 is 62.0 Å². The molecule has 1 aliphatic heterocycles. The van der Waals surface area contributed by atoms with Crippen molar-refractivity contribution in [2.45, 2.75) is 26.8 Å². The van der Waals surface area contributed by atoms with Crippen LogP contribution >= 0.6 is 39.3 Å². The Morgan fingerprint density at radius 3 is 2.72 bits per heavy atom. The summed E-state index contributed by atoms with van der Waals surface area (Å²) in [5.41, 5.74) is 3.53. The van der Waals surface area contributed by atoms with Gasteiger partial charge >= 0.3 is 5.97 Å². The van der Waals surface area contributed by atoms with E-state index in [9.17, 15) is 9.59 Å². The minimum atomic E-state index is -0.533. The van der Waals surface area contributed by atoms with Gasteiger partial charge in [0.2, 0.25) is 5.91 Å². The summed E-state index contributed by atoms with van der Waals surface area (Å²) in [5, 5.41) is 7.12. The molecule has 1 amide bonds. The molecule has 0 fully saturated rings. The number of nitrogens with zero attached hydrogens (tertiary/aromatic N) is 1. The third-order valence-electron chi connectivity index (χ3n) is 4.67. The van der Waals surface area contributed by atoms with Gasteiger partial charge in [-0.15, -0.1) is 0 Å². The van der Waals surface area contributed by atoms with Crippen LogP contribution in [0.5, 0.6) is 0 Å². The van der Waals surface area contributed by atoms with Gasteiger partial charge in [-0.3, -0.25) is 4.79 Å². The van der Waals surface area contributed by atoms with E-state index in [4.69, 9.17) is 21.3 Å². The normalized spacial score (nSPS) is 15.7. The molecule has 0 saturated heterocycles. The van der Waals surface area contributed by atoms with Crippen molar-refractivity contribution in [3.63, 3.8) is 0 Å². The second kappa shape index (κ2) is 11.0. The Morgan fingerprint density at radius 1 is 1.25 bits per heavy atom. The highest BCUT2D eigenvalue weighted by atomic mass is 79.9. The second-order valence-electron chi connectivity index (χ2n) is 7.08. The number of anilines is 1. The van der Waals surface area contributed by atoms with Crippen LogP contribution in [0.2, 0.25) is 5.02 Å². The van der Waals surface area contributed by atoms with E-state index in [1.54, 1.807) is 19.9 Å². The van der Waals surface area contributed by atoms with E-state index in [0.717, 1.165) is 15.6 Å². The fraction of sp³-hybridized carbons (Fsp3) is 0.261.